The fourth-order valence-electron chi connectivity index (χ4n) is 2.14. The third kappa shape index (κ3) is 5.55. The summed E-state index contributed by atoms with van der Waals surface area (Å²) in [5, 5.41) is 6.82. The maximum Gasteiger partial charge on any atom is 0.251 e. The SMILES string of the molecule is C[C@H](NC(=O)CCNC(=O)c1ccc(Cl)cc1)c1ccc(Cl)cc1. The van der Waals surface area contributed by atoms with Crippen LogP contribution in [0.25, 0.3) is 0 Å². The lowest BCUT2D eigenvalue weighted by Crippen LogP contribution is -2.32. The van der Waals surface area contributed by atoms with Gasteiger partial charge >= 0.3 is 0 Å². The first-order valence-corrected chi connectivity index (χ1v) is 8.30. The zero-order valence-corrected chi connectivity index (χ0v) is 14.7. The van der Waals surface area contributed by atoms with Crippen molar-refractivity contribution >= 4 is 35.0 Å². The zero-order valence-electron chi connectivity index (χ0n) is 13.2. The number of hydrogen-bond donors (Lipinski definition) is 2. The Labute approximate surface area is 151 Å². The van der Waals surface area contributed by atoms with Gasteiger partial charge in [0.15, 0.2) is 0 Å². The third-order valence-corrected chi connectivity index (χ3v) is 4.00. The van der Waals surface area contributed by atoms with Gasteiger partial charge in [0, 0.05) is 28.6 Å². The standard InChI is InChI=1S/C18H18Cl2N2O2/c1-12(13-2-6-15(19)7-3-13)22-17(23)10-11-21-18(24)14-4-8-16(20)9-5-14/h2-9,12H,10-11H2,1H3,(H,21,24)(H,22,23)/t12-/m0/s1. The average Bonchev–Trinajstić information content (AvgIpc) is 2.55. The molecule has 0 aliphatic rings. The van der Waals surface area contributed by atoms with Gasteiger partial charge in [-0.1, -0.05) is 35.3 Å². The van der Waals surface area contributed by atoms with Gasteiger partial charge < -0.3 is 10.6 Å². The predicted molar refractivity (Wildman–Crippen MR) is 96.4 cm³/mol. The molecule has 0 saturated carbocycles. The van der Waals surface area contributed by atoms with Crippen LogP contribution in [-0.2, 0) is 4.79 Å². The van der Waals surface area contributed by atoms with E-state index in [1.54, 1.807) is 36.4 Å². The summed E-state index contributed by atoms with van der Waals surface area (Å²) in [5.41, 5.74) is 1.48. The maximum atomic E-state index is 12.0. The lowest BCUT2D eigenvalue weighted by atomic mass is 10.1. The van der Waals surface area contributed by atoms with Crippen molar-refractivity contribution in [2.24, 2.45) is 0 Å². The van der Waals surface area contributed by atoms with Crippen LogP contribution in [0.3, 0.4) is 0 Å². The Morgan fingerprint density at radius 2 is 1.50 bits per heavy atom. The molecular formula is C18H18Cl2N2O2. The van der Waals surface area contributed by atoms with E-state index in [4.69, 9.17) is 23.2 Å². The molecule has 0 aliphatic carbocycles. The molecule has 0 spiro atoms. The first-order chi connectivity index (χ1) is 11.5. The van der Waals surface area contributed by atoms with E-state index in [0.29, 0.717) is 15.6 Å². The Morgan fingerprint density at radius 1 is 0.958 bits per heavy atom. The molecule has 0 heterocycles. The summed E-state index contributed by atoms with van der Waals surface area (Å²) in [6.45, 7) is 2.16. The highest BCUT2D eigenvalue weighted by Crippen LogP contribution is 2.16. The number of carbonyl (C=O) groups excluding carboxylic acids is 2. The lowest BCUT2D eigenvalue weighted by molar-refractivity contribution is -0.121. The van der Waals surface area contributed by atoms with Crippen molar-refractivity contribution in [3.8, 4) is 0 Å². The average molecular weight is 365 g/mol. The van der Waals surface area contributed by atoms with Gasteiger partial charge in [0.2, 0.25) is 5.91 Å². The van der Waals surface area contributed by atoms with Crippen LogP contribution < -0.4 is 10.6 Å². The Morgan fingerprint density at radius 3 is 2.08 bits per heavy atom. The van der Waals surface area contributed by atoms with E-state index in [0.717, 1.165) is 5.56 Å². The van der Waals surface area contributed by atoms with E-state index in [1.165, 1.54) is 0 Å². The molecule has 2 aromatic carbocycles. The molecule has 2 rings (SSSR count). The Kier molecular flexibility index (Phi) is 6.64. The van der Waals surface area contributed by atoms with Crippen LogP contribution in [0.2, 0.25) is 10.0 Å². The molecule has 0 radical (unpaired) electrons. The second kappa shape index (κ2) is 8.71. The van der Waals surface area contributed by atoms with Crippen molar-refractivity contribution in [3.63, 3.8) is 0 Å². The number of benzene rings is 2. The van der Waals surface area contributed by atoms with E-state index >= 15 is 0 Å². The minimum atomic E-state index is -0.231. The van der Waals surface area contributed by atoms with Crippen molar-refractivity contribution in [1.29, 1.82) is 0 Å². The van der Waals surface area contributed by atoms with Crippen molar-refractivity contribution in [2.45, 2.75) is 19.4 Å². The fourth-order valence-corrected chi connectivity index (χ4v) is 2.39. The predicted octanol–water partition coefficient (Wildman–Crippen LogP) is 3.99. The number of rotatable bonds is 6. The molecule has 0 aliphatic heterocycles. The van der Waals surface area contributed by atoms with Gasteiger partial charge in [-0.25, -0.2) is 0 Å². The number of carbonyl (C=O) groups is 2. The number of amides is 2. The second-order valence-corrected chi connectivity index (χ2v) is 6.23. The minimum absolute atomic E-state index is 0.123. The molecule has 0 aromatic heterocycles. The van der Waals surface area contributed by atoms with Gasteiger partial charge in [-0.3, -0.25) is 9.59 Å². The molecule has 126 valence electrons. The van der Waals surface area contributed by atoms with Gasteiger partial charge in [-0.15, -0.1) is 0 Å². The van der Waals surface area contributed by atoms with Gasteiger partial charge in [-0.2, -0.15) is 0 Å². The number of nitrogens with one attached hydrogen (secondary N) is 2. The molecule has 6 heteroatoms. The smallest absolute Gasteiger partial charge is 0.251 e. The Balaban J connectivity index is 1.75. The fraction of sp³-hybridized carbons (Fsp3) is 0.222. The molecule has 2 amide bonds. The van der Waals surface area contributed by atoms with Gasteiger partial charge in [0.1, 0.15) is 0 Å². The van der Waals surface area contributed by atoms with Crippen molar-refractivity contribution in [1.82, 2.24) is 10.6 Å². The van der Waals surface area contributed by atoms with E-state index in [1.807, 2.05) is 19.1 Å². The second-order valence-electron chi connectivity index (χ2n) is 5.35. The molecule has 0 bridgehead atoms. The summed E-state index contributed by atoms with van der Waals surface area (Å²) >= 11 is 11.6. The van der Waals surface area contributed by atoms with Gasteiger partial charge in [0.25, 0.3) is 5.91 Å². The highest BCUT2D eigenvalue weighted by molar-refractivity contribution is 6.30. The molecule has 0 fully saturated rings. The summed E-state index contributed by atoms with van der Waals surface area (Å²) in [6.07, 6.45) is 0.206. The van der Waals surface area contributed by atoms with Crippen LogP contribution in [0.15, 0.2) is 48.5 Å². The molecule has 4 nitrogen and oxygen atoms in total. The summed E-state index contributed by atoms with van der Waals surface area (Å²) in [4.78, 5) is 23.9. The lowest BCUT2D eigenvalue weighted by Gasteiger charge is -2.14. The molecule has 0 unspecified atom stereocenters. The highest BCUT2D eigenvalue weighted by Gasteiger charge is 2.10. The summed E-state index contributed by atoms with van der Waals surface area (Å²) in [5.74, 6) is -0.362. The summed E-state index contributed by atoms with van der Waals surface area (Å²) < 4.78 is 0. The Hall–Kier alpha value is -2.04. The Bertz CT molecular complexity index is 700. The monoisotopic (exact) mass is 364 g/mol. The molecule has 2 N–H and O–H groups in total. The molecular weight excluding hydrogens is 347 g/mol. The van der Waals surface area contributed by atoms with Crippen LogP contribution in [-0.4, -0.2) is 18.4 Å². The van der Waals surface area contributed by atoms with Gasteiger partial charge in [-0.05, 0) is 48.9 Å². The van der Waals surface area contributed by atoms with Crippen LogP contribution in [0, 0.1) is 0 Å². The van der Waals surface area contributed by atoms with Gasteiger partial charge in [0.05, 0.1) is 6.04 Å². The minimum Gasteiger partial charge on any atom is -0.352 e. The van der Waals surface area contributed by atoms with E-state index in [9.17, 15) is 9.59 Å². The first-order valence-electron chi connectivity index (χ1n) is 7.54. The van der Waals surface area contributed by atoms with E-state index in [-0.39, 0.29) is 30.8 Å². The summed E-state index contributed by atoms with van der Waals surface area (Å²) in [6, 6.07) is 13.8. The first kappa shape index (κ1) is 18.3. The summed E-state index contributed by atoms with van der Waals surface area (Å²) in [7, 11) is 0. The van der Waals surface area contributed by atoms with E-state index in [2.05, 4.69) is 10.6 Å². The number of hydrogen-bond acceptors (Lipinski definition) is 2. The zero-order chi connectivity index (χ0) is 17.5. The molecule has 24 heavy (non-hydrogen) atoms. The third-order valence-electron chi connectivity index (χ3n) is 3.49. The number of halogens is 2. The topological polar surface area (TPSA) is 58.2 Å². The van der Waals surface area contributed by atoms with Crippen molar-refractivity contribution < 1.29 is 9.59 Å². The largest absolute Gasteiger partial charge is 0.352 e. The van der Waals surface area contributed by atoms with Crippen LogP contribution in [0.4, 0.5) is 0 Å². The maximum absolute atomic E-state index is 12.0. The normalized spacial score (nSPS) is 11.6. The van der Waals surface area contributed by atoms with Crippen LogP contribution >= 0.6 is 23.2 Å². The quantitative estimate of drug-likeness (QED) is 0.813. The van der Waals surface area contributed by atoms with Crippen molar-refractivity contribution in [3.05, 3.63) is 69.7 Å². The molecule has 0 saturated heterocycles. The van der Waals surface area contributed by atoms with Crippen molar-refractivity contribution in [2.75, 3.05) is 6.54 Å². The molecule has 1 atom stereocenters. The van der Waals surface area contributed by atoms with Crippen LogP contribution in [0.1, 0.15) is 35.3 Å². The van der Waals surface area contributed by atoms with Crippen LogP contribution in [0.5, 0.6) is 0 Å². The van der Waals surface area contributed by atoms with E-state index < -0.39 is 0 Å². The molecule has 2 aromatic rings. The highest BCUT2D eigenvalue weighted by atomic mass is 35.5.